The molecular weight excluding hydrogens is 1060 g/mol. The number of nitrogens with zero attached hydrogens (tertiary/aromatic N) is 7. The van der Waals surface area contributed by atoms with Crippen LogP contribution in [0.25, 0.3) is 155 Å². The van der Waals surface area contributed by atoms with Crippen LogP contribution in [0.5, 0.6) is 0 Å². The average molecular weight is 1110 g/mol. The standard InChI is InChI=1S/C80H51N7/c1-80-41-13-12-29-72(80)67(47-71-74(66-28-14-20-50-16-2-6-22-59(50)66)83-76(84-75(71)80)53-34-30-49(31-35-53)58-21-15-42-81-48-58)57-38-39-65-68(44-57)61-24-8-5-19-56(61)46-70(65)79-86-77(54-36-32-52(33-37-54)73-62-25-9-3-17-51(62)40-43-82-73)85-78(87-79)69-45-55-18-4-7-23-60(55)63-26-10-11-27-64(63)69/h2-40,42-48H,41H2,1H3. The average Bonchev–Trinajstić information content (AvgIpc) is 1.62. The molecule has 0 N–H and O–H groups in total. The molecule has 7 heteroatoms. The van der Waals surface area contributed by atoms with Crippen LogP contribution in [0.1, 0.15) is 30.2 Å². The maximum atomic E-state index is 5.63. The molecule has 17 rings (SSSR count). The second-order valence-corrected chi connectivity index (χ2v) is 23.0. The van der Waals surface area contributed by atoms with E-state index >= 15 is 0 Å². The first kappa shape index (κ1) is 50.1. The quantitative estimate of drug-likeness (QED) is 0.140. The predicted molar refractivity (Wildman–Crippen MR) is 358 cm³/mol. The van der Waals surface area contributed by atoms with Crippen molar-refractivity contribution in [2.45, 2.75) is 18.8 Å². The second-order valence-electron chi connectivity index (χ2n) is 23.0. The minimum absolute atomic E-state index is 0.492. The molecule has 0 bridgehead atoms. The molecule has 0 saturated heterocycles. The van der Waals surface area contributed by atoms with Crippen molar-refractivity contribution in [3.05, 3.63) is 296 Å². The molecule has 4 aromatic heterocycles. The molecule has 406 valence electrons. The minimum Gasteiger partial charge on any atom is -0.264 e. The summed E-state index contributed by atoms with van der Waals surface area (Å²) in [4.78, 5) is 36.9. The Labute approximate surface area is 502 Å². The zero-order valence-electron chi connectivity index (χ0n) is 47.4. The van der Waals surface area contributed by atoms with Crippen molar-refractivity contribution in [2.75, 3.05) is 0 Å². The summed E-state index contributed by atoms with van der Waals surface area (Å²) in [5.41, 5.74) is 14.8. The monoisotopic (exact) mass is 1110 g/mol. The lowest BCUT2D eigenvalue weighted by atomic mass is 9.65. The molecular formula is C80H51N7. The highest BCUT2D eigenvalue weighted by molar-refractivity contribution is 6.16. The SMILES string of the molecule is CC12CC=CC=C1C(c1ccc3c(-c4nc(-c5ccc(-c6nccc7ccccc67)cc5)nc(-c5cc6ccccc6c6ccccc56)n4)cc4ccccc4c3c1)=Cc1c(-c3cccc4ccccc34)nc(-c3ccc(-c4cccnc4)cc3)nc12. The molecule has 11 aromatic carbocycles. The van der Waals surface area contributed by atoms with Gasteiger partial charge in [0, 0.05) is 68.3 Å². The van der Waals surface area contributed by atoms with Gasteiger partial charge in [-0.25, -0.2) is 24.9 Å². The van der Waals surface area contributed by atoms with Gasteiger partial charge >= 0.3 is 0 Å². The van der Waals surface area contributed by atoms with Crippen LogP contribution in [-0.4, -0.2) is 34.9 Å². The molecule has 87 heavy (non-hydrogen) atoms. The van der Waals surface area contributed by atoms with Crippen molar-refractivity contribution in [3.63, 3.8) is 0 Å². The third kappa shape index (κ3) is 8.38. The van der Waals surface area contributed by atoms with Crippen LogP contribution < -0.4 is 0 Å². The number of benzene rings is 11. The van der Waals surface area contributed by atoms with E-state index in [0.717, 1.165) is 144 Å². The number of fused-ring (bicyclic) bond motifs is 11. The summed E-state index contributed by atoms with van der Waals surface area (Å²) in [5, 5.41) is 13.4. The van der Waals surface area contributed by atoms with Gasteiger partial charge in [0.05, 0.1) is 17.1 Å². The molecule has 7 nitrogen and oxygen atoms in total. The highest BCUT2D eigenvalue weighted by atomic mass is 15.0. The largest absolute Gasteiger partial charge is 0.264 e. The van der Waals surface area contributed by atoms with Crippen molar-refractivity contribution in [1.29, 1.82) is 0 Å². The van der Waals surface area contributed by atoms with E-state index in [2.05, 4.69) is 267 Å². The fraction of sp³-hybridized carbons (Fsp3) is 0.0375. The van der Waals surface area contributed by atoms with E-state index in [1.807, 2.05) is 18.5 Å². The Morgan fingerprint density at radius 3 is 1.63 bits per heavy atom. The molecule has 1 atom stereocenters. The summed E-state index contributed by atoms with van der Waals surface area (Å²) in [6.45, 7) is 2.36. The van der Waals surface area contributed by atoms with Crippen LogP contribution in [0, 0.1) is 0 Å². The third-order valence-electron chi connectivity index (χ3n) is 17.9. The van der Waals surface area contributed by atoms with E-state index in [-0.39, 0.29) is 0 Å². The first-order chi connectivity index (χ1) is 43.0. The lowest BCUT2D eigenvalue weighted by Gasteiger charge is -2.39. The van der Waals surface area contributed by atoms with Crippen molar-refractivity contribution < 1.29 is 0 Å². The molecule has 0 saturated carbocycles. The van der Waals surface area contributed by atoms with Crippen molar-refractivity contribution in [3.8, 4) is 79.2 Å². The highest BCUT2D eigenvalue weighted by Crippen LogP contribution is 2.53. The zero-order valence-corrected chi connectivity index (χ0v) is 47.4. The summed E-state index contributed by atoms with van der Waals surface area (Å²) in [5.74, 6) is 2.47. The fourth-order valence-corrected chi connectivity index (χ4v) is 13.5. The summed E-state index contributed by atoms with van der Waals surface area (Å²) >= 11 is 0. The summed E-state index contributed by atoms with van der Waals surface area (Å²) in [6, 6.07) is 84.0. The molecule has 2 aliphatic rings. The predicted octanol–water partition coefficient (Wildman–Crippen LogP) is 19.7. The Morgan fingerprint density at radius 2 is 0.920 bits per heavy atom. The van der Waals surface area contributed by atoms with Gasteiger partial charge in [0.15, 0.2) is 23.3 Å². The van der Waals surface area contributed by atoms with Gasteiger partial charge in [-0.3, -0.25) is 9.97 Å². The number of aromatic nitrogens is 7. The van der Waals surface area contributed by atoms with Gasteiger partial charge < -0.3 is 0 Å². The van der Waals surface area contributed by atoms with Crippen LogP contribution in [0.2, 0.25) is 0 Å². The molecule has 2 aliphatic carbocycles. The van der Waals surface area contributed by atoms with Gasteiger partial charge in [0.25, 0.3) is 0 Å². The first-order valence-electron chi connectivity index (χ1n) is 29.6. The maximum absolute atomic E-state index is 5.63. The van der Waals surface area contributed by atoms with E-state index in [1.165, 1.54) is 11.0 Å². The normalized spacial score (nSPS) is 14.6. The molecule has 0 radical (unpaired) electrons. The summed E-state index contributed by atoms with van der Waals surface area (Å²) in [7, 11) is 0. The maximum Gasteiger partial charge on any atom is 0.164 e. The molecule has 0 spiro atoms. The third-order valence-corrected chi connectivity index (χ3v) is 17.9. The van der Waals surface area contributed by atoms with E-state index in [1.54, 1.807) is 6.20 Å². The van der Waals surface area contributed by atoms with E-state index < -0.39 is 5.41 Å². The van der Waals surface area contributed by atoms with Crippen molar-refractivity contribution in [1.82, 2.24) is 34.9 Å². The fourth-order valence-electron chi connectivity index (χ4n) is 13.5. The number of allylic oxidation sites excluding steroid dienone is 5. The lowest BCUT2D eigenvalue weighted by molar-refractivity contribution is 0.552. The van der Waals surface area contributed by atoms with Crippen molar-refractivity contribution >= 4 is 76.3 Å². The molecule has 4 heterocycles. The zero-order chi connectivity index (χ0) is 57.6. The topological polar surface area (TPSA) is 90.2 Å². The van der Waals surface area contributed by atoms with Gasteiger partial charge in [0.1, 0.15) is 0 Å². The van der Waals surface area contributed by atoms with Gasteiger partial charge in [-0.1, -0.05) is 224 Å². The van der Waals surface area contributed by atoms with Crippen LogP contribution in [0.15, 0.2) is 279 Å². The number of hydrogen-bond acceptors (Lipinski definition) is 7. The van der Waals surface area contributed by atoms with Crippen LogP contribution in [0.4, 0.5) is 0 Å². The Balaban J connectivity index is 0.863. The molecule has 0 fully saturated rings. The summed E-state index contributed by atoms with van der Waals surface area (Å²) < 4.78 is 0. The Morgan fingerprint density at radius 1 is 0.356 bits per heavy atom. The van der Waals surface area contributed by atoms with Crippen LogP contribution in [-0.2, 0) is 5.41 Å². The molecule has 0 aliphatic heterocycles. The number of pyridine rings is 2. The van der Waals surface area contributed by atoms with Crippen LogP contribution in [0.3, 0.4) is 0 Å². The van der Waals surface area contributed by atoms with E-state index in [4.69, 9.17) is 29.9 Å². The van der Waals surface area contributed by atoms with Gasteiger partial charge in [-0.05, 0) is 137 Å². The Hall–Kier alpha value is -11.4. The number of hydrogen-bond donors (Lipinski definition) is 0. The van der Waals surface area contributed by atoms with Crippen LogP contribution >= 0.6 is 0 Å². The molecule has 0 amide bonds. The Kier molecular flexibility index (Phi) is 11.6. The molecule has 15 aromatic rings. The highest BCUT2D eigenvalue weighted by Gasteiger charge is 2.41. The molecule has 1 unspecified atom stereocenters. The Bertz CT molecular complexity index is 5420. The lowest BCUT2D eigenvalue weighted by Crippen LogP contribution is -2.32. The smallest absolute Gasteiger partial charge is 0.164 e. The van der Waals surface area contributed by atoms with Gasteiger partial charge in [0.2, 0.25) is 0 Å². The van der Waals surface area contributed by atoms with Gasteiger partial charge in [-0.15, -0.1) is 0 Å². The summed E-state index contributed by atoms with van der Waals surface area (Å²) in [6.07, 6.45) is 15.5. The van der Waals surface area contributed by atoms with Gasteiger partial charge in [-0.2, -0.15) is 0 Å². The first-order valence-corrected chi connectivity index (χ1v) is 29.6. The van der Waals surface area contributed by atoms with Crippen molar-refractivity contribution in [2.24, 2.45) is 0 Å². The van der Waals surface area contributed by atoms with E-state index in [0.29, 0.717) is 23.3 Å². The van der Waals surface area contributed by atoms with E-state index in [9.17, 15) is 0 Å². The minimum atomic E-state index is -0.492. The second kappa shape index (κ2) is 20.1. The number of rotatable bonds is 8.